The molecule has 0 saturated heterocycles. The van der Waals surface area contributed by atoms with Crippen LogP contribution in [0.15, 0.2) is 53.6 Å². The van der Waals surface area contributed by atoms with Crippen LogP contribution >= 0.6 is 0 Å². The van der Waals surface area contributed by atoms with Gasteiger partial charge < -0.3 is 5.11 Å². The van der Waals surface area contributed by atoms with Crippen molar-refractivity contribution in [2.45, 2.75) is 6.92 Å². The highest BCUT2D eigenvalue weighted by molar-refractivity contribution is 5.89. The lowest BCUT2D eigenvalue weighted by Crippen LogP contribution is -1.98. The predicted octanol–water partition coefficient (Wildman–Crippen LogP) is 3.14. The normalized spacial score (nSPS) is 10.6. The van der Waals surface area contributed by atoms with Gasteiger partial charge in [-0.05, 0) is 36.2 Å². The van der Waals surface area contributed by atoms with E-state index in [1.165, 1.54) is 6.07 Å². The van der Waals surface area contributed by atoms with Gasteiger partial charge in [0.05, 0.1) is 17.5 Å². The summed E-state index contributed by atoms with van der Waals surface area (Å²) in [6.07, 6.45) is 1.71. The Morgan fingerprint density at radius 1 is 1.21 bits per heavy atom. The summed E-state index contributed by atoms with van der Waals surface area (Å²) in [4.78, 5) is 10.8. The first kappa shape index (κ1) is 12.8. The van der Waals surface area contributed by atoms with E-state index in [0.29, 0.717) is 5.69 Å². The molecule has 0 aliphatic heterocycles. The molecular weight excluding hydrogens is 240 g/mol. The highest BCUT2D eigenvalue weighted by Gasteiger charge is 2.01. The Bertz CT molecular complexity index is 621. The van der Waals surface area contributed by atoms with Gasteiger partial charge in [0.2, 0.25) is 0 Å². The number of hydrogen-bond donors (Lipinski definition) is 2. The van der Waals surface area contributed by atoms with Crippen LogP contribution in [-0.4, -0.2) is 17.3 Å². The molecule has 0 radical (unpaired) electrons. The number of carboxylic acids is 1. The molecule has 2 aromatic carbocycles. The monoisotopic (exact) mass is 254 g/mol. The minimum Gasteiger partial charge on any atom is -0.478 e. The third-order valence-corrected chi connectivity index (χ3v) is 2.70. The molecule has 0 aliphatic rings. The van der Waals surface area contributed by atoms with Crippen molar-refractivity contribution in [3.8, 4) is 0 Å². The van der Waals surface area contributed by atoms with Crippen LogP contribution < -0.4 is 5.43 Å². The molecular formula is C15H14N2O2. The fourth-order valence-corrected chi connectivity index (χ4v) is 1.63. The van der Waals surface area contributed by atoms with Crippen molar-refractivity contribution in [2.75, 3.05) is 5.43 Å². The number of nitrogens with one attached hydrogen (secondary N) is 1. The molecule has 0 unspecified atom stereocenters. The van der Waals surface area contributed by atoms with Gasteiger partial charge >= 0.3 is 5.97 Å². The molecule has 4 nitrogen and oxygen atoms in total. The van der Waals surface area contributed by atoms with Crippen LogP contribution in [0.4, 0.5) is 5.69 Å². The predicted molar refractivity (Wildman–Crippen MR) is 75.8 cm³/mol. The van der Waals surface area contributed by atoms with Crippen molar-refractivity contribution in [3.63, 3.8) is 0 Å². The van der Waals surface area contributed by atoms with Crippen molar-refractivity contribution in [3.05, 3.63) is 65.2 Å². The second-order valence-electron chi connectivity index (χ2n) is 4.11. The van der Waals surface area contributed by atoms with E-state index in [-0.39, 0.29) is 5.56 Å². The summed E-state index contributed by atoms with van der Waals surface area (Å²) in [6.45, 7) is 2.01. The van der Waals surface area contributed by atoms with E-state index in [4.69, 9.17) is 5.11 Å². The molecule has 0 heterocycles. The summed E-state index contributed by atoms with van der Waals surface area (Å²) >= 11 is 0. The van der Waals surface area contributed by atoms with Crippen molar-refractivity contribution >= 4 is 17.9 Å². The fraction of sp³-hybridized carbons (Fsp3) is 0.0667. The van der Waals surface area contributed by atoms with Crippen LogP contribution in [-0.2, 0) is 0 Å². The number of nitrogens with zero attached hydrogens (tertiary/aromatic N) is 1. The first-order valence-corrected chi connectivity index (χ1v) is 5.85. The second kappa shape index (κ2) is 5.82. The topological polar surface area (TPSA) is 61.7 Å². The summed E-state index contributed by atoms with van der Waals surface area (Å²) in [5, 5.41) is 13.0. The summed E-state index contributed by atoms with van der Waals surface area (Å²) in [7, 11) is 0. The molecule has 2 aromatic rings. The molecule has 0 aliphatic carbocycles. The molecule has 0 atom stereocenters. The Labute approximate surface area is 111 Å². The number of hydrogen-bond acceptors (Lipinski definition) is 3. The molecule has 0 aromatic heterocycles. The summed E-state index contributed by atoms with van der Waals surface area (Å²) in [6, 6.07) is 14.4. The lowest BCUT2D eigenvalue weighted by Gasteiger charge is -2.02. The highest BCUT2D eigenvalue weighted by atomic mass is 16.4. The van der Waals surface area contributed by atoms with E-state index >= 15 is 0 Å². The quantitative estimate of drug-likeness (QED) is 0.651. The highest BCUT2D eigenvalue weighted by Crippen LogP contribution is 2.11. The van der Waals surface area contributed by atoms with Gasteiger partial charge in [-0.2, -0.15) is 5.10 Å². The first-order chi connectivity index (χ1) is 9.16. The minimum absolute atomic E-state index is 0.232. The van der Waals surface area contributed by atoms with Gasteiger partial charge in [0.25, 0.3) is 0 Å². The number of aromatic carboxylic acids is 1. The largest absolute Gasteiger partial charge is 0.478 e. The van der Waals surface area contributed by atoms with Gasteiger partial charge in [0, 0.05) is 0 Å². The smallest absolute Gasteiger partial charge is 0.335 e. The number of anilines is 1. The first-order valence-electron chi connectivity index (χ1n) is 5.85. The SMILES string of the molecule is Cc1ccccc1/C=N\Nc1cccc(C(=O)O)c1. The van der Waals surface area contributed by atoms with Crippen molar-refractivity contribution in [2.24, 2.45) is 5.10 Å². The van der Waals surface area contributed by atoms with Crippen LogP contribution in [0, 0.1) is 6.92 Å². The van der Waals surface area contributed by atoms with E-state index in [2.05, 4.69) is 10.5 Å². The molecule has 2 N–H and O–H groups in total. The summed E-state index contributed by atoms with van der Waals surface area (Å²) in [5.41, 5.74) is 5.85. The zero-order valence-electron chi connectivity index (χ0n) is 10.5. The third-order valence-electron chi connectivity index (χ3n) is 2.70. The van der Waals surface area contributed by atoms with Crippen LogP contribution in [0.5, 0.6) is 0 Å². The number of benzene rings is 2. The van der Waals surface area contributed by atoms with E-state index in [1.807, 2.05) is 31.2 Å². The number of carbonyl (C=O) groups is 1. The van der Waals surface area contributed by atoms with Crippen LogP contribution in [0.3, 0.4) is 0 Å². The molecule has 96 valence electrons. The maximum Gasteiger partial charge on any atom is 0.335 e. The Morgan fingerprint density at radius 2 is 2.00 bits per heavy atom. The summed E-state index contributed by atoms with van der Waals surface area (Å²) in [5.74, 6) is -0.952. The van der Waals surface area contributed by atoms with Crippen molar-refractivity contribution in [1.29, 1.82) is 0 Å². The molecule has 0 fully saturated rings. The number of aryl methyl sites for hydroxylation is 1. The summed E-state index contributed by atoms with van der Waals surface area (Å²) < 4.78 is 0. The van der Waals surface area contributed by atoms with E-state index in [9.17, 15) is 4.79 Å². The number of carboxylic acid groups (broad SMARTS) is 1. The standard InChI is InChI=1S/C15H14N2O2/c1-11-5-2-3-6-13(11)10-16-17-14-8-4-7-12(9-14)15(18)19/h2-10,17H,1H3,(H,18,19)/b16-10-. The molecule has 0 amide bonds. The Kier molecular flexibility index (Phi) is 3.93. The maximum atomic E-state index is 10.8. The fourth-order valence-electron chi connectivity index (χ4n) is 1.63. The lowest BCUT2D eigenvalue weighted by molar-refractivity contribution is 0.0697. The van der Waals surface area contributed by atoms with E-state index < -0.39 is 5.97 Å². The maximum absolute atomic E-state index is 10.8. The van der Waals surface area contributed by atoms with Gasteiger partial charge in [-0.15, -0.1) is 0 Å². The van der Waals surface area contributed by atoms with Crippen LogP contribution in [0.1, 0.15) is 21.5 Å². The number of rotatable bonds is 4. The Balaban J connectivity index is 2.09. The third kappa shape index (κ3) is 3.42. The number of hydrazone groups is 1. The molecule has 19 heavy (non-hydrogen) atoms. The van der Waals surface area contributed by atoms with Crippen LogP contribution in [0.25, 0.3) is 0 Å². The van der Waals surface area contributed by atoms with Crippen molar-refractivity contribution < 1.29 is 9.90 Å². The molecule has 2 rings (SSSR count). The Morgan fingerprint density at radius 3 is 2.74 bits per heavy atom. The van der Waals surface area contributed by atoms with Gasteiger partial charge in [0.1, 0.15) is 0 Å². The molecule has 0 bridgehead atoms. The Hall–Kier alpha value is -2.62. The van der Waals surface area contributed by atoms with Gasteiger partial charge in [-0.25, -0.2) is 4.79 Å². The minimum atomic E-state index is -0.952. The average molecular weight is 254 g/mol. The zero-order valence-corrected chi connectivity index (χ0v) is 10.5. The van der Waals surface area contributed by atoms with E-state index in [0.717, 1.165) is 11.1 Å². The average Bonchev–Trinajstić information content (AvgIpc) is 2.41. The molecule has 0 spiro atoms. The van der Waals surface area contributed by atoms with Crippen molar-refractivity contribution in [1.82, 2.24) is 0 Å². The van der Waals surface area contributed by atoms with Crippen LogP contribution in [0.2, 0.25) is 0 Å². The van der Waals surface area contributed by atoms with Gasteiger partial charge in [0.15, 0.2) is 0 Å². The molecule has 4 heteroatoms. The second-order valence-corrected chi connectivity index (χ2v) is 4.11. The zero-order chi connectivity index (χ0) is 13.7. The lowest BCUT2D eigenvalue weighted by atomic mass is 10.1. The van der Waals surface area contributed by atoms with Gasteiger partial charge in [-0.1, -0.05) is 30.3 Å². The molecule has 0 saturated carbocycles. The van der Waals surface area contributed by atoms with Gasteiger partial charge in [-0.3, -0.25) is 5.43 Å². The van der Waals surface area contributed by atoms with E-state index in [1.54, 1.807) is 24.4 Å².